The predicted molar refractivity (Wildman–Crippen MR) is 108 cm³/mol. The van der Waals surface area contributed by atoms with Gasteiger partial charge in [0.2, 0.25) is 0 Å². The van der Waals surface area contributed by atoms with E-state index in [-0.39, 0.29) is 5.91 Å². The minimum absolute atomic E-state index is 0.125. The molecular weight excluding hydrogens is 334 g/mol. The summed E-state index contributed by atoms with van der Waals surface area (Å²) in [7, 11) is 0. The Labute approximate surface area is 162 Å². The van der Waals surface area contributed by atoms with Crippen molar-refractivity contribution in [2.75, 3.05) is 26.2 Å². The fourth-order valence-electron chi connectivity index (χ4n) is 3.81. The van der Waals surface area contributed by atoms with Gasteiger partial charge in [-0.25, -0.2) is 0 Å². The number of likely N-dealkylation sites (tertiary alicyclic amines) is 1. The third kappa shape index (κ3) is 4.37. The fraction of sp³-hybridized carbons (Fsp3) is 0.391. The number of nitriles is 1. The molecular formula is C23H27N3O. The van der Waals surface area contributed by atoms with Crippen LogP contribution in [0.1, 0.15) is 42.6 Å². The van der Waals surface area contributed by atoms with Crippen LogP contribution in [-0.2, 0) is 0 Å². The maximum absolute atomic E-state index is 13.2. The number of hydrogen-bond acceptors (Lipinski definition) is 3. The van der Waals surface area contributed by atoms with Gasteiger partial charge in [0.15, 0.2) is 0 Å². The fourth-order valence-corrected chi connectivity index (χ4v) is 3.81. The monoisotopic (exact) mass is 361 g/mol. The minimum Gasteiger partial charge on any atom is -0.334 e. The third-order valence-electron chi connectivity index (χ3n) is 5.46. The second kappa shape index (κ2) is 8.83. The van der Waals surface area contributed by atoms with Gasteiger partial charge in [0.25, 0.3) is 5.91 Å². The number of nitrogens with zero attached hydrogens (tertiary/aromatic N) is 3. The summed E-state index contributed by atoms with van der Waals surface area (Å²) in [5.41, 5.74) is 3.40. The number of benzene rings is 2. The maximum atomic E-state index is 13.2. The van der Waals surface area contributed by atoms with Crippen LogP contribution in [-0.4, -0.2) is 47.9 Å². The Hall–Kier alpha value is -2.64. The first-order valence-electron chi connectivity index (χ1n) is 9.80. The van der Waals surface area contributed by atoms with E-state index in [9.17, 15) is 4.79 Å². The molecule has 0 saturated carbocycles. The van der Waals surface area contributed by atoms with E-state index in [2.05, 4.69) is 29.7 Å². The van der Waals surface area contributed by atoms with Crippen molar-refractivity contribution in [1.29, 1.82) is 5.26 Å². The van der Waals surface area contributed by atoms with Crippen molar-refractivity contribution in [3.63, 3.8) is 0 Å². The Balaban J connectivity index is 1.79. The third-order valence-corrected chi connectivity index (χ3v) is 5.46. The van der Waals surface area contributed by atoms with E-state index >= 15 is 0 Å². The molecule has 4 nitrogen and oxygen atoms in total. The Kier molecular flexibility index (Phi) is 6.26. The summed E-state index contributed by atoms with van der Waals surface area (Å²) in [4.78, 5) is 17.6. The van der Waals surface area contributed by atoms with E-state index < -0.39 is 0 Å². The first kappa shape index (κ1) is 19.1. The van der Waals surface area contributed by atoms with Gasteiger partial charge < -0.3 is 9.80 Å². The van der Waals surface area contributed by atoms with Crippen molar-refractivity contribution >= 4 is 5.91 Å². The molecule has 2 aromatic carbocycles. The Morgan fingerprint density at radius 1 is 1.15 bits per heavy atom. The Morgan fingerprint density at radius 2 is 1.89 bits per heavy atom. The van der Waals surface area contributed by atoms with E-state index in [0.717, 1.165) is 55.7 Å². The molecule has 1 heterocycles. The lowest BCUT2D eigenvalue weighted by atomic mass is 10.0. The lowest BCUT2D eigenvalue weighted by molar-refractivity contribution is 0.0704. The number of likely N-dealkylation sites (N-methyl/N-ethyl adjacent to an activating group) is 1. The van der Waals surface area contributed by atoms with Gasteiger partial charge in [0.05, 0.1) is 11.6 Å². The topological polar surface area (TPSA) is 47.3 Å². The molecule has 1 unspecified atom stereocenters. The molecule has 1 aliphatic heterocycles. The van der Waals surface area contributed by atoms with Gasteiger partial charge in [-0.05, 0) is 61.3 Å². The van der Waals surface area contributed by atoms with Crippen molar-refractivity contribution < 1.29 is 4.79 Å². The van der Waals surface area contributed by atoms with Crippen LogP contribution < -0.4 is 0 Å². The van der Waals surface area contributed by atoms with Crippen LogP contribution in [0.2, 0.25) is 0 Å². The van der Waals surface area contributed by atoms with Gasteiger partial charge in [0.1, 0.15) is 0 Å². The van der Waals surface area contributed by atoms with Gasteiger partial charge in [-0.3, -0.25) is 4.79 Å². The molecule has 27 heavy (non-hydrogen) atoms. The molecule has 0 aliphatic carbocycles. The lowest BCUT2D eigenvalue weighted by Gasteiger charge is -2.29. The van der Waals surface area contributed by atoms with Gasteiger partial charge in [-0.1, -0.05) is 38.1 Å². The van der Waals surface area contributed by atoms with Crippen LogP contribution in [0, 0.1) is 11.3 Å². The average molecular weight is 361 g/mol. The second-order valence-corrected chi connectivity index (χ2v) is 7.05. The van der Waals surface area contributed by atoms with Gasteiger partial charge in [-0.15, -0.1) is 0 Å². The first-order chi connectivity index (χ1) is 13.2. The van der Waals surface area contributed by atoms with Crippen LogP contribution in [0.25, 0.3) is 11.1 Å². The molecule has 0 N–H and O–H groups in total. The van der Waals surface area contributed by atoms with Crippen LogP contribution in [0.3, 0.4) is 0 Å². The molecule has 2 aromatic rings. The van der Waals surface area contributed by atoms with Crippen molar-refractivity contribution in [2.24, 2.45) is 0 Å². The molecule has 1 aliphatic rings. The highest BCUT2D eigenvalue weighted by Crippen LogP contribution is 2.25. The summed E-state index contributed by atoms with van der Waals surface area (Å²) in [6.07, 6.45) is 2.16. The van der Waals surface area contributed by atoms with Gasteiger partial charge in [-0.2, -0.15) is 5.26 Å². The lowest BCUT2D eigenvalue weighted by Crippen LogP contribution is -2.43. The Morgan fingerprint density at radius 3 is 2.56 bits per heavy atom. The van der Waals surface area contributed by atoms with E-state index in [0.29, 0.717) is 11.6 Å². The quantitative estimate of drug-likeness (QED) is 0.776. The van der Waals surface area contributed by atoms with E-state index in [1.807, 2.05) is 48.5 Å². The van der Waals surface area contributed by atoms with Crippen LogP contribution in [0.15, 0.2) is 48.5 Å². The van der Waals surface area contributed by atoms with Crippen molar-refractivity contribution in [3.8, 4) is 17.2 Å². The summed E-state index contributed by atoms with van der Waals surface area (Å²) < 4.78 is 0. The summed E-state index contributed by atoms with van der Waals surface area (Å²) in [6, 6.07) is 17.7. The molecule has 1 saturated heterocycles. The molecule has 0 bridgehead atoms. The maximum Gasteiger partial charge on any atom is 0.254 e. The van der Waals surface area contributed by atoms with Crippen LogP contribution >= 0.6 is 0 Å². The number of carbonyl (C=O) groups is 1. The number of hydrogen-bond donors (Lipinski definition) is 0. The molecule has 1 fully saturated rings. The molecule has 140 valence electrons. The van der Waals surface area contributed by atoms with Crippen LogP contribution in [0.4, 0.5) is 0 Å². The first-order valence-corrected chi connectivity index (χ1v) is 9.80. The molecule has 3 rings (SSSR count). The molecule has 1 amide bonds. The van der Waals surface area contributed by atoms with Gasteiger partial charge in [0, 0.05) is 24.7 Å². The molecule has 0 radical (unpaired) electrons. The molecule has 0 aromatic heterocycles. The van der Waals surface area contributed by atoms with E-state index in [1.54, 1.807) is 0 Å². The van der Waals surface area contributed by atoms with E-state index in [4.69, 9.17) is 5.26 Å². The van der Waals surface area contributed by atoms with Crippen molar-refractivity contribution in [2.45, 2.75) is 32.7 Å². The van der Waals surface area contributed by atoms with Gasteiger partial charge >= 0.3 is 0 Å². The summed E-state index contributed by atoms with van der Waals surface area (Å²) in [6.45, 7) is 8.17. The zero-order chi connectivity index (χ0) is 19.2. The number of rotatable bonds is 6. The number of carbonyl (C=O) groups excluding carboxylic acids is 1. The highest BCUT2D eigenvalue weighted by molar-refractivity contribution is 5.96. The molecule has 1 atom stereocenters. The normalized spacial score (nSPS) is 16.5. The highest BCUT2D eigenvalue weighted by Gasteiger charge is 2.30. The van der Waals surface area contributed by atoms with Crippen molar-refractivity contribution in [1.82, 2.24) is 9.80 Å². The van der Waals surface area contributed by atoms with Crippen molar-refractivity contribution in [3.05, 3.63) is 59.7 Å². The largest absolute Gasteiger partial charge is 0.334 e. The summed E-state index contributed by atoms with van der Waals surface area (Å²) >= 11 is 0. The standard InChI is InChI=1S/C23H27N3O/c1-3-25(4-2)17-22-9-6-14-26(22)23(27)21-8-5-7-20(15-21)19-12-10-18(16-24)11-13-19/h5,7-8,10-13,15,22H,3-4,6,9,14,17H2,1-2H3. The highest BCUT2D eigenvalue weighted by atomic mass is 16.2. The predicted octanol–water partition coefficient (Wildman–Crippen LogP) is 4.17. The zero-order valence-electron chi connectivity index (χ0n) is 16.2. The SMILES string of the molecule is CCN(CC)CC1CCCN1C(=O)c1cccc(-c2ccc(C#N)cc2)c1. The summed E-state index contributed by atoms with van der Waals surface area (Å²) in [5.74, 6) is 0.125. The average Bonchev–Trinajstić information content (AvgIpc) is 3.19. The second-order valence-electron chi connectivity index (χ2n) is 7.05. The Bertz CT molecular complexity index is 818. The summed E-state index contributed by atoms with van der Waals surface area (Å²) in [5, 5.41) is 8.96. The molecule has 0 spiro atoms. The minimum atomic E-state index is 0.125. The molecule has 4 heteroatoms. The van der Waals surface area contributed by atoms with Crippen LogP contribution in [0.5, 0.6) is 0 Å². The smallest absolute Gasteiger partial charge is 0.254 e. The zero-order valence-corrected chi connectivity index (χ0v) is 16.2. The van der Waals surface area contributed by atoms with E-state index in [1.165, 1.54) is 0 Å². The number of amides is 1.